The number of nitrogens with zero attached hydrogens (tertiary/aromatic N) is 3. The quantitative estimate of drug-likeness (QED) is 0.829. The molecule has 0 atom stereocenters. The fourth-order valence-corrected chi connectivity index (χ4v) is 1.99. The number of phenolic OH excluding ortho intramolecular Hbond substituents is 1. The van der Waals surface area contributed by atoms with Gasteiger partial charge in [0.25, 0.3) is 0 Å². The van der Waals surface area contributed by atoms with Gasteiger partial charge < -0.3 is 10.8 Å². The van der Waals surface area contributed by atoms with Crippen molar-refractivity contribution in [3.63, 3.8) is 0 Å². The summed E-state index contributed by atoms with van der Waals surface area (Å²) in [6.45, 7) is 5.50. The number of benzene rings is 1. The summed E-state index contributed by atoms with van der Waals surface area (Å²) in [5, 5.41) is 14.7. The summed E-state index contributed by atoms with van der Waals surface area (Å²) in [7, 11) is 0. The molecule has 19 heavy (non-hydrogen) atoms. The summed E-state index contributed by atoms with van der Waals surface area (Å²) in [6, 6.07) is 1.61. The summed E-state index contributed by atoms with van der Waals surface area (Å²) < 4.78 is 1.45. The van der Waals surface area contributed by atoms with Crippen molar-refractivity contribution in [3.8, 4) is 5.75 Å². The van der Waals surface area contributed by atoms with Crippen molar-refractivity contribution < 1.29 is 5.11 Å². The molecule has 0 fully saturated rings. The molecule has 0 aliphatic carbocycles. The molecule has 0 aliphatic heterocycles. The Morgan fingerprint density at radius 2 is 2.11 bits per heavy atom. The molecule has 0 saturated carbocycles. The van der Waals surface area contributed by atoms with Crippen LogP contribution in [0.5, 0.6) is 5.75 Å². The lowest BCUT2D eigenvalue weighted by molar-refractivity contribution is 0.473. The highest BCUT2D eigenvalue weighted by atomic mass is 35.5. The Morgan fingerprint density at radius 1 is 1.42 bits per heavy atom. The number of aromatic hydroxyl groups is 1. The van der Waals surface area contributed by atoms with Gasteiger partial charge in [-0.15, -0.1) is 0 Å². The van der Waals surface area contributed by atoms with E-state index < -0.39 is 0 Å². The standard InChI is InChI=1S/C13H15ClN4O/c1-7-4-11(19)10(9(3)12(7)14)5-16-18-6-8(2)17-13(18)15/h4-6,19H,1-3H3,(H2,15,17). The third kappa shape index (κ3) is 2.56. The molecule has 5 nitrogen and oxygen atoms in total. The maximum absolute atomic E-state index is 9.94. The average Bonchev–Trinajstić information content (AvgIpc) is 2.65. The smallest absolute Gasteiger partial charge is 0.221 e. The zero-order chi connectivity index (χ0) is 14.2. The molecule has 0 aliphatic rings. The Labute approximate surface area is 116 Å². The molecule has 0 spiro atoms. The SMILES string of the molecule is Cc1cn(N=Cc2c(O)cc(C)c(Cl)c2C)c(N)n1. The number of rotatable bonds is 2. The Hall–Kier alpha value is -2.01. The third-order valence-corrected chi connectivity index (χ3v) is 3.44. The normalized spacial score (nSPS) is 11.4. The molecule has 0 bridgehead atoms. The maximum Gasteiger partial charge on any atom is 0.221 e. The number of aryl methyl sites for hydroxylation is 2. The van der Waals surface area contributed by atoms with Crippen molar-refractivity contribution in [3.05, 3.63) is 39.7 Å². The molecule has 100 valence electrons. The van der Waals surface area contributed by atoms with E-state index in [0.29, 0.717) is 16.5 Å². The van der Waals surface area contributed by atoms with Crippen molar-refractivity contribution in [2.24, 2.45) is 5.10 Å². The molecule has 2 aromatic rings. The fourth-order valence-electron chi connectivity index (χ4n) is 1.83. The summed E-state index contributed by atoms with van der Waals surface area (Å²) in [4.78, 5) is 4.04. The number of aromatic nitrogens is 2. The topological polar surface area (TPSA) is 76.4 Å². The van der Waals surface area contributed by atoms with E-state index in [4.69, 9.17) is 17.3 Å². The number of imidazole rings is 1. The van der Waals surface area contributed by atoms with Crippen molar-refractivity contribution in [1.82, 2.24) is 9.66 Å². The average molecular weight is 279 g/mol. The van der Waals surface area contributed by atoms with Gasteiger partial charge in [-0.3, -0.25) is 0 Å². The molecule has 2 rings (SSSR count). The lowest BCUT2D eigenvalue weighted by Crippen LogP contribution is -1.98. The van der Waals surface area contributed by atoms with Crippen molar-refractivity contribution in [2.75, 3.05) is 5.73 Å². The van der Waals surface area contributed by atoms with Gasteiger partial charge in [0.15, 0.2) is 0 Å². The van der Waals surface area contributed by atoms with Crippen LogP contribution in [0.1, 0.15) is 22.4 Å². The minimum absolute atomic E-state index is 0.138. The van der Waals surface area contributed by atoms with Crippen molar-refractivity contribution >= 4 is 23.8 Å². The molecule has 1 aromatic carbocycles. The van der Waals surface area contributed by atoms with Crippen LogP contribution < -0.4 is 5.73 Å². The van der Waals surface area contributed by atoms with Crippen LogP contribution in [0.25, 0.3) is 0 Å². The first kappa shape index (κ1) is 13.4. The number of halogens is 1. The zero-order valence-electron chi connectivity index (χ0n) is 11.0. The van der Waals surface area contributed by atoms with Crippen LogP contribution in [0.2, 0.25) is 5.02 Å². The third-order valence-electron chi connectivity index (χ3n) is 2.85. The molecule has 0 amide bonds. The molecular formula is C13H15ClN4O. The second kappa shape index (κ2) is 4.93. The minimum Gasteiger partial charge on any atom is -0.507 e. The highest BCUT2D eigenvalue weighted by Gasteiger charge is 2.10. The van der Waals surface area contributed by atoms with Gasteiger partial charge in [0, 0.05) is 10.6 Å². The van der Waals surface area contributed by atoms with E-state index in [1.165, 1.54) is 10.9 Å². The van der Waals surface area contributed by atoms with E-state index in [2.05, 4.69) is 10.1 Å². The zero-order valence-corrected chi connectivity index (χ0v) is 11.7. The second-order valence-corrected chi connectivity index (χ2v) is 4.77. The van der Waals surface area contributed by atoms with Crippen LogP contribution in [0, 0.1) is 20.8 Å². The Kier molecular flexibility index (Phi) is 3.48. The Morgan fingerprint density at radius 3 is 2.68 bits per heavy atom. The van der Waals surface area contributed by atoms with E-state index in [1.807, 2.05) is 20.8 Å². The van der Waals surface area contributed by atoms with E-state index in [9.17, 15) is 5.11 Å². The van der Waals surface area contributed by atoms with Gasteiger partial charge in [-0.25, -0.2) is 9.66 Å². The Bertz CT molecular complexity index is 661. The predicted molar refractivity (Wildman–Crippen MR) is 77.0 cm³/mol. The fraction of sp³-hybridized carbons (Fsp3) is 0.231. The first-order chi connectivity index (χ1) is 8.90. The molecule has 1 aromatic heterocycles. The number of hydrogen-bond donors (Lipinski definition) is 2. The monoisotopic (exact) mass is 278 g/mol. The summed E-state index contributed by atoms with van der Waals surface area (Å²) in [5.74, 6) is 0.433. The van der Waals surface area contributed by atoms with Crippen molar-refractivity contribution in [2.45, 2.75) is 20.8 Å². The van der Waals surface area contributed by atoms with E-state index in [-0.39, 0.29) is 5.75 Å². The van der Waals surface area contributed by atoms with Gasteiger partial charge in [-0.2, -0.15) is 5.10 Å². The van der Waals surface area contributed by atoms with Crippen LogP contribution in [0.15, 0.2) is 17.4 Å². The molecule has 3 N–H and O–H groups in total. The van der Waals surface area contributed by atoms with E-state index in [0.717, 1.165) is 16.8 Å². The number of anilines is 1. The van der Waals surface area contributed by atoms with Gasteiger partial charge in [-0.05, 0) is 38.0 Å². The summed E-state index contributed by atoms with van der Waals surface area (Å²) in [6.07, 6.45) is 3.22. The molecule has 6 heteroatoms. The van der Waals surface area contributed by atoms with Crippen LogP contribution in [0.4, 0.5) is 5.95 Å². The first-order valence-electron chi connectivity index (χ1n) is 5.74. The Balaban J connectivity index is 2.44. The first-order valence-corrected chi connectivity index (χ1v) is 6.12. The lowest BCUT2D eigenvalue weighted by atomic mass is 10.1. The van der Waals surface area contributed by atoms with E-state index >= 15 is 0 Å². The lowest BCUT2D eigenvalue weighted by Gasteiger charge is -2.08. The molecule has 1 heterocycles. The number of phenols is 1. The van der Waals surface area contributed by atoms with Crippen LogP contribution in [-0.2, 0) is 0 Å². The molecule has 0 unspecified atom stereocenters. The number of nitrogens with two attached hydrogens (primary N) is 1. The van der Waals surface area contributed by atoms with Gasteiger partial charge in [-0.1, -0.05) is 11.6 Å². The maximum atomic E-state index is 9.94. The van der Waals surface area contributed by atoms with Gasteiger partial charge in [0.05, 0.1) is 18.1 Å². The molecular weight excluding hydrogens is 264 g/mol. The number of hydrogen-bond acceptors (Lipinski definition) is 4. The van der Waals surface area contributed by atoms with Crippen LogP contribution in [-0.4, -0.2) is 21.0 Å². The minimum atomic E-state index is 0.138. The van der Waals surface area contributed by atoms with Gasteiger partial charge in [0.1, 0.15) is 5.75 Å². The second-order valence-electron chi connectivity index (χ2n) is 4.39. The predicted octanol–water partition coefficient (Wildman–Crippen LogP) is 2.63. The molecule has 0 saturated heterocycles. The van der Waals surface area contributed by atoms with Crippen LogP contribution in [0.3, 0.4) is 0 Å². The van der Waals surface area contributed by atoms with Crippen molar-refractivity contribution in [1.29, 1.82) is 0 Å². The summed E-state index contributed by atoms with van der Waals surface area (Å²) in [5.41, 5.74) is 8.63. The van der Waals surface area contributed by atoms with Gasteiger partial charge in [0.2, 0.25) is 5.95 Å². The summed E-state index contributed by atoms with van der Waals surface area (Å²) >= 11 is 6.16. The molecule has 0 radical (unpaired) electrons. The highest BCUT2D eigenvalue weighted by Crippen LogP contribution is 2.29. The van der Waals surface area contributed by atoms with Crippen LogP contribution >= 0.6 is 11.6 Å². The van der Waals surface area contributed by atoms with E-state index in [1.54, 1.807) is 12.3 Å². The number of nitrogen functional groups attached to an aromatic ring is 1. The van der Waals surface area contributed by atoms with Gasteiger partial charge >= 0.3 is 0 Å². The highest BCUT2D eigenvalue weighted by molar-refractivity contribution is 6.32. The largest absolute Gasteiger partial charge is 0.507 e.